The van der Waals surface area contributed by atoms with E-state index < -0.39 is 4.93 Å². The van der Waals surface area contributed by atoms with Gasteiger partial charge in [0, 0.05) is 6.04 Å². The molecule has 0 saturated carbocycles. The molecule has 90 valence electrons. The average Bonchev–Trinajstić information content (AvgIpc) is 2.47. The molecular formula is C11H23NO2S. The molecule has 0 radical (unpaired) electrons. The van der Waals surface area contributed by atoms with Crippen molar-refractivity contribution in [2.75, 3.05) is 20.2 Å². The maximum Gasteiger partial charge on any atom is 0.105 e. The molecule has 0 aromatic rings. The van der Waals surface area contributed by atoms with Crippen LogP contribution < -0.4 is 0 Å². The summed E-state index contributed by atoms with van der Waals surface area (Å²) in [6.45, 7) is 5.28. The Morgan fingerprint density at radius 2 is 2.27 bits per heavy atom. The van der Waals surface area contributed by atoms with Crippen LogP contribution >= 0.6 is 12.6 Å². The van der Waals surface area contributed by atoms with E-state index >= 15 is 0 Å². The molecule has 0 aromatic carbocycles. The van der Waals surface area contributed by atoms with Crippen molar-refractivity contribution >= 4 is 12.6 Å². The fourth-order valence-corrected chi connectivity index (χ4v) is 2.03. The normalized spacial score (nSPS) is 25.8. The smallest absolute Gasteiger partial charge is 0.105 e. The zero-order valence-corrected chi connectivity index (χ0v) is 10.8. The van der Waals surface area contributed by atoms with Gasteiger partial charge in [0.15, 0.2) is 0 Å². The predicted octanol–water partition coefficient (Wildman–Crippen LogP) is 1.51. The molecule has 0 aromatic heterocycles. The number of hydrogen-bond acceptors (Lipinski definition) is 4. The lowest BCUT2D eigenvalue weighted by atomic mass is 10.1. The Balaban J connectivity index is 2.20. The Labute approximate surface area is 98.2 Å². The molecule has 1 rings (SSSR count). The molecule has 0 bridgehead atoms. The molecule has 1 fully saturated rings. The summed E-state index contributed by atoms with van der Waals surface area (Å²) in [4.78, 5) is 1.86. The van der Waals surface area contributed by atoms with Gasteiger partial charge in [-0.15, -0.1) is 12.6 Å². The van der Waals surface area contributed by atoms with Gasteiger partial charge in [-0.2, -0.15) is 0 Å². The van der Waals surface area contributed by atoms with Crippen LogP contribution in [0.25, 0.3) is 0 Å². The summed E-state index contributed by atoms with van der Waals surface area (Å²) in [7, 11) is 2.12. The van der Waals surface area contributed by atoms with Gasteiger partial charge in [-0.25, -0.2) is 0 Å². The highest BCUT2D eigenvalue weighted by Gasteiger charge is 2.24. The second-order valence-corrected chi connectivity index (χ2v) is 6.00. The lowest BCUT2D eigenvalue weighted by Crippen LogP contribution is -2.32. The number of hydrogen-bond donors (Lipinski definition) is 2. The first-order chi connectivity index (χ1) is 6.88. The third kappa shape index (κ3) is 5.20. The number of nitrogens with zero attached hydrogens (tertiary/aromatic N) is 1. The number of likely N-dealkylation sites (tertiary alicyclic amines) is 1. The first kappa shape index (κ1) is 13.3. The summed E-state index contributed by atoms with van der Waals surface area (Å²) in [6, 6.07) is 0.520. The van der Waals surface area contributed by atoms with Crippen molar-refractivity contribution in [3.63, 3.8) is 0 Å². The van der Waals surface area contributed by atoms with Crippen LogP contribution in [-0.4, -0.2) is 47.3 Å². The molecule has 1 unspecified atom stereocenters. The molecule has 3 nitrogen and oxygen atoms in total. The van der Waals surface area contributed by atoms with E-state index in [-0.39, 0.29) is 6.10 Å². The van der Waals surface area contributed by atoms with Crippen LogP contribution in [0.1, 0.15) is 33.1 Å². The Morgan fingerprint density at radius 3 is 2.73 bits per heavy atom. The van der Waals surface area contributed by atoms with Gasteiger partial charge in [0.05, 0.1) is 12.7 Å². The summed E-state index contributed by atoms with van der Waals surface area (Å²) in [5.74, 6) is 0. The summed E-state index contributed by atoms with van der Waals surface area (Å²) in [5.41, 5.74) is 0. The largest absolute Gasteiger partial charge is 0.391 e. The van der Waals surface area contributed by atoms with Crippen molar-refractivity contribution in [2.45, 2.75) is 50.2 Å². The molecule has 4 heteroatoms. The van der Waals surface area contributed by atoms with E-state index in [4.69, 9.17) is 4.74 Å². The van der Waals surface area contributed by atoms with E-state index in [1.54, 1.807) is 0 Å². The number of thiol groups is 1. The maximum absolute atomic E-state index is 9.81. The number of aliphatic hydroxyl groups excluding tert-OH is 1. The van der Waals surface area contributed by atoms with Crippen LogP contribution in [0, 0.1) is 0 Å². The second-order valence-electron chi connectivity index (χ2n) is 4.92. The Morgan fingerprint density at radius 1 is 1.60 bits per heavy atom. The van der Waals surface area contributed by atoms with E-state index in [1.807, 2.05) is 13.8 Å². The van der Waals surface area contributed by atoms with Crippen LogP contribution in [0.15, 0.2) is 0 Å². The van der Waals surface area contributed by atoms with Crippen LogP contribution in [0.4, 0.5) is 0 Å². The van der Waals surface area contributed by atoms with Gasteiger partial charge in [0.2, 0.25) is 0 Å². The zero-order chi connectivity index (χ0) is 11.5. The Kier molecular flexibility index (Phi) is 4.90. The fourth-order valence-electron chi connectivity index (χ4n) is 1.96. The summed E-state index contributed by atoms with van der Waals surface area (Å²) in [5, 5.41) is 9.81. The summed E-state index contributed by atoms with van der Waals surface area (Å²) >= 11 is 4.25. The lowest BCUT2D eigenvalue weighted by molar-refractivity contribution is -0.0189. The SMILES string of the molecule is CN1CCCC1C[C@@H](O)COC(C)(C)S. The molecular weight excluding hydrogens is 210 g/mol. The van der Waals surface area contributed by atoms with Gasteiger partial charge in [0.25, 0.3) is 0 Å². The Hall–Kier alpha value is 0.230. The molecule has 2 atom stereocenters. The van der Waals surface area contributed by atoms with E-state index in [9.17, 15) is 5.11 Å². The fraction of sp³-hybridized carbons (Fsp3) is 1.00. The number of ether oxygens (including phenoxy) is 1. The molecule has 0 spiro atoms. The first-order valence-electron chi connectivity index (χ1n) is 5.63. The number of aliphatic hydroxyl groups is 1. The van der Waals surface area contributed by atoms with E-state index in [1.165, 1.54) is 12.8 Å². The minimum Gasteiger partial charge on any atom is -0.391 e. The molecule has 1 aliphatic rings. The minimum absolute atomic E-state index is 0.373. The molecule has 1 aliphatic heterocycles. The molecule has 0 amide bonds. The predicted molar refractivity (Wildman–Crippen MR) is 65.3 cm³/mol. The van der Waals surface area contributed by atoms with Crippen LogP contribution in [0.2, 0.25) is 0 Å². The van der Waals surface area contributed by atoms with E-state index in [0.29, 0.717) is 12.6 Å². The van der Waals surface area contributed by atoms with Crippen molar-refractivity contribution in [1.82, 2.24) is 4.90 Å². The third-order valence-corrected chi connectivity index (χ3v) is 2.97. The van der Waals surface area contributed by atoms with Crippen molar-refractivity contribution in [3.8, 4) is 0 Å². The molecule has 0 aliphatic carbocycles. The number of rotatable bonds is 5. The molecule has 15 heavy (non-hydrogen) atoms. The minimum atomic E-state index is -0.456. The zero-order valence-electron chi connectivity index (χ0n) is 9.94. The second kappa shape index (κ2) is 5.53. The standard InChI is InChI=1S/C11H23NO2S/c1-11(2,15)14-8-10(13)7-9-5-4-6-12(9)3/h9-10,13,15H,4-8H2,1-3H3/t9?,10-/m1/s1. The molecule has 1 heterocycles. The first-order valence-corrected chi connectivity index (χ1v) is 6.08. The topological polar surface area (TPSA) is 32.7 Å². The summed E-state index contributed by atoms with van der Waals surface area (Å²) in [6.07, 6.45) is 2.87. The molecule has 1 saturated heterocycles. The van der Waals surface area contributed by atoms with Gasteiger partial charge in [-0.05, 0) is 46.7 Å². The molecule has 1 N–H and O–H groups in total. The van der Waals surface area contributed by atoms with Crippen molar-refractivity contribution < 1.29 is 9.84 Å². The monoisotopic (exact) mass is 233 g/mol. The quantitative estimate of drug-likeness (QED) is 0.558. The highest BCUT2D eigenvalue weighted by Crippen LogP contribution is 2.20. The van der Waals surface area contributed by atoms with Crippen molar-refractivity contribution in [3.05, 3.63) is 0 Å². The lowest BCUT2D eigenvalue weighted by Gasteiger charge is -2.25. The van der Waals surface area contributed by atoms with Gasteiger partial charge in [-0.3, -0.25) is 0 Å². The Bertz CT molecular complexity index is 194. The van der Waals surface area contributed by atoms with Crippen LogP contribution in [-0.2, 0) is 4.74 Å². The van der Waals surface area contributed by atoms with Gasteiger partial charge >= 0.3 is 0 Å². The van der Waals surface area contributed by atoms with Crippen molar-refractivity contribution in [1.29, 1.82) is 0 Å². The van der Waals surface area contributed by atoms with Gasteiger partial charge in [-0.1, -0.05) is 0 Å². The van der Waals surface area contributed by atoms with E-state index in [0.717, 1.165) is 13.0 Å². The maximum atomic E-state index is 9.81. The van der Waals surface area contributed by atoms with Gasteiger partial charge in [0.1, 0.15) is 4.93 Å². The van der Waals surface area contributed by atoms with Gasteiger partial charge < -0.3 is 14.7 Å². The van der Waals surface area contributed by atoms with Crippen molar-refractivity contribution in [2.24, 2.45) is 0 Å². The highest BCUT2D eigenvalue weighted by atomic mass is 32.1. The average molecular weight is 233 g/mol. The van der Waals surface area contributed by atoms with E-state index in [2.05, 4.69) is 24.6 Å². The summed E-state index contributed by atoms with van der Waals surface area (Å²) < 4.78 is 5.43. The third-order valence-electron chi connectivity index (χ3n) is 2.84. The van der Waals surface area contributed by atoms with Crippen LogP contribution in [0.3, 0.4) is 0 Å². The van der Waals surface area contributed by atoms with Crippen LogP contribution in [0.5, 0.6) is 0 Å². The highest BCUT2D eigenvalue weighted by molar-refractivity contribution is 7.81.